The van der Waals surface area contributed by atoms with Crippen molar-refractivity contribution in [3.05, 3.63) is 223 Å². The van der Waals surface area contributed by atoms with Crippen molar-refractivity contribution >= 4 is 121 Å². The van der Waals surface area contributed by atoms with Crippen molar-refractivity contribution in [1.29, 1.82) is 10.5 Å². The molecule has 14 aromatic rings. The predicted octanol–water partition coefficient (Wildman–Crippen LogP) is 25.3. The highest BCUT2D eigenvalue weighted by Crippen LogP contribution is 2.31. The lowest BCUT2D eigenvalue weighted by atomic mass is 10.1. The van der Waals surface area contributed by atoms with Gasteiger partial charge >= 0.3 is 0 Å². The smallest absolute Gasteiger partial charge is 0.147 e. The zero-order chi connectivity index (χ0) is 80.1. The first-order valence-electron chi connectivity index (χ1n) is 35.0. The molecule has 566 valence electrons. The molecule has 14 rings (SSSR count). The van der Waals surface area contributed by atoms with Crippen LogP contribution in [0.1, 0.15) is 192 Å². The van der Waals surface area contributed by atoms with Crippen LogP contribution in [-0.4, -0.2) is 63.4 Å². The summed E-state index contributed by atoms with van der Waals surface area (Å²) in [6.45, 7) is 65.5. The molecule has 0 bridgehead atoms. The highest BCUT2D eigenvalue weighted by Gasteiger charge is 2.09. The van der Waals surface area contributed by atoms with Crippen LogP contribution in [0.4, 0.5) is 0 Å². The maximum atomic E-state index is 8.86. The third kappa shape index (κ3) is 31.3. The lowest BCUT2D eigenvalue weighted by Crippen LogP contribution is -1.92. The van der Waals surface area contributed by atoms with Crippen molar-refractivity contribution in [2.24, 2.45) is 14.1 Å². The summed E-state index contributed by atoms with van der Waals surface area (Å²) < 4.78 is 15.8. The zero-order valence-electron chi connectivity index (χ0n) is 69.0. The van der Waals surface area contributed by atoms with Crippen LogP contribution in [0.25, 0.3) is 30.4 Å². The van der Waals surface area contributed by atoms with Crippen molar-refractivity contribution in [3.8, 4) is 12.1 Å². The number of H-pyrrole nitrogens is 1. The van der Waals surface area contributed by atoms with Gasteiger partial charge in [-0.3, -0.25) is 9.78 Å². The second-order valence-corrected chi connectivity index (χ2v) is 33.1. The van der Waals surface area contributed by atoms with Gasteiger partial charge in [-0.2, -0.15) is 29.5 Å². The van der Waals surface area contributed by atoms with Gasteiger partial charge in [-0.15, -0.1) is 78.2 Å². The Morgan fingerprint density at radius 3 is 1.15 bits per heavy atom. The zero-order valence-corrected chi connectivity index (χ0v) is 75.5. The number of rotatable bonds is 0. The molecule has 15 nitrogen and oxygen atoms in total. The summed E-state index contributed by atoms with van der Waals surface area (Å²) in [4.78, 5) is 24.2. The lowest BCUT2D eigenvalue weighted by Gasteiger charge is -1.98. The van der Waals surface area contributed by atoms with E-state index in [0.29, 0.717) is 0 Å². The van der Waals surface area contributed by atoms with Gasteiger partial charge in [0.2, 0.25) is 0 Å². The quantitative estimate of drug-likeness (QED) is 0.151. The van der Waals surface area contributed by atoms with E-state index in [1.807, 2.05) is 218 Å². The molecule has 0 aliphatic carbocycles. The molecule has 1 N–H and O–H groups in total. The van der Waals surface area contributed by atoms with Gasteiger partial charge in [0.05, 0.1) is 42.9 Å². The Kier molecular flexibility index (Phi) is 44.5. The molecule has 105 heavy (non-hydrogen) atoms. The summed E-state index contributed by atoms with van der Waals surface area (Å²) in [5, 5.41) is 43.8. The number of thiazole rings is 2. The van der Waals surface area contributed by atoms with Crippen LogP contribution >= 0.6 is 91.1 Å². The van der Waals surface area contributed by atoms with Gasteiger partial charge in [0.1, 0.15) is 49.5 Å². The van der Waals surface area contributed by atoms with E-state index in [0.717, 1.165) is 75.0 Å². The number of benzene rings is 3. The van der Waals surface area contributed by atoms with Crippen molar-refractivity contribution in [1.82, 2.24) is 63.4 Å². The highest BCUT2D eigenvalue weighted by atomic mass is 32.1. The fraction of sp³-hybridized carbons (Fsp3) is 0.415. The summed E-state index contributed by atoms with van der Waals surface area (Å²) in [5.41, 5.74) is 18.9. The number of hydrogen-bond acceptors (Lipinski definition) is 20. The van der Waals surface area contributed by atoms with E-state index in [9.17, 15) is 0 Å². The lowest BCUT2D eigenvalue weighted by molar-refractivity contribution is 0.728. The van der Waals surface area contributed by atoms with E-state index in [4.69, 9.17) is 10.5 Å². The molecule has 0 atom stereocenters. The molecule has 0 fully saturated rings. The van der Waals surface area contributed by atoms with E-state index in [1.54, 1.807) is 72.9 Å². The Labute approximate surface area is 661 Å². The third-order valence-corrected chi connectivity index (χ3v) is 24.0. The van der Waals surface area contributed by atoms with E-state index in [1.165, 1.54) is 117 Å². The molecular weight excluding hydrogens is 1450 g/mol. The van der Waals surface area contributed by atoms with Crippen molar-refractivity contribution < 1.29 is 0 Å². The first-order chi connectivity index (χ1) is 49.6. The second kappa shape index (κ2) is 49.1. The van der Waals surface area contributed by atoms with Gasteiger partial charge in [-0.1, -0.05) is 90.1 Å². The predicted molar refractivity (Wildman–Crippen MR) is 463 cm³/mol. The number of nitrogens with one attached hydrogen (secondary N) is 1. The number of nitriles is 2. The van der Waals surface area contributed by atoms with Crippen LogP contribution in [-0.2, 0) is 14.1 Å². The van der Waals surface area contributed by atoms with Crippen LogP contribution < -0.4 is 0 Å². The van der Waals surface area contributed by atoms with Gasteiger partial charge in [0.25, 0.3) is 0 Å². The van der Waals surface area contributed by atoms with Crippen molar-refractivity contribution in [2.75, 3.05) is 0 Å². The third-order valence-electron chi connectivity index (χ3n) is 16.2. The number of para-hydroxylation sites is 1. The molecule has 0 spiro atoms. The minimum absolute atomic E-state index is 0.829. The van der Waals surface area contributed by atoms with Crippen LogP contribution in [0.3, 0.4) is 0 Å². The second-order valence-electron chi connectivity index (χ2n) is 23.4. The van der Waals surface area contributed by atoms with E-state index in [-0.39, 0.29) is 0 Å². The summed E-state index contributed by atoms with van der Waals surface area (Å²) in [6.07, 6.45) is 0. The number of fused-ring (bicyclic) bond motifs is 3. The molecule has 0 aliphatic heterocycles. The Morgan fingerprint density at radius 2 is 0.876 bits per heavy atom. The Morgan fingerprint density at radius 1 is 0.371 bits per heavy atom. The largest absolute Gasteiger partial charge is 0.352 e. The number of nitrogens with zero attached hydrogens (tertiary/aromatic N) is 14. The number of hydrogen-bond donors (Lipinski definition) is 1. The van der Waals surface area contributed by atoms with E-state index in [2.05, 4.69) is 173 Å². The first-order valence-corrected chi connectivity index (χ1v) is 41.4. The van der Waals surface area contributed by atoms with Gasteiger partial charge in [0, 0.05) is 70.3 Å². The molecule has 3 aromatic carbocycles. The normalized spacial score (nSPS) is 9.60. The van der Waals surface area contributed by atoms with Crippen LogP contribution in [0.15, 0.2) is 72.8 Å². The molecule has 23 heteroatoms. The summed E-state index contributed by atoms with van der Waals surface area (Å²) in [5.74, 6) is 2.68. The SMILES string of the molecule is CC.CC.CC.Cc1c(C#N)sc2ccccc12.Cc1c(C)c(C)n(C)c1C.Cc1n[nH]c(C)c1C.Cc1nc(C)c(C)s1.Cc1nc(C)n(C)n1.Cc1nc2ccccc2s1.Cc1nnc(C)s1.Cc1nsc(C)c1C.Cc1nsc(C)n1.Cc1sc(C)c(C)c1C.Cc1sc2ccccc2c1C#N. The minimum Gasteiger partial charge on any atom is -0.352 e. The van der Waals surface area contributed by atoms with Crippen LogP contribution in [0.5, 0.6) is 0 Å². The fourth-order valence-corrected chi connectivity index (χ4v) is 15.5. The number of thiophene rings is 3. The molecular formula is C82H115N15S8. The molecule has 0 aliphatic rings. The monoisotopic (exact) mass is 1570 g/mol. The first kappa shape index (κ1) is 95.2. The van der Waals surface area contributed by atoms with Gasteiger partial charge in [-0.25, -0.2) is 19.9 Å². The average molecular weight is 1570 g/mol. The molecule has 11 heterocycles. The molecule has 11 aromatic heterocycles. The maximum Gasteiger partial charge on any atom is 0.147 e. The van der Waals surface area contributed by atoms with Crippen LogP contribution in [0.2, 0.25) is 0 Å². The molecule has 0 saturated carbocycles. The standard InChI is InChI=1S/2C10H7NS.C9H15N.C8H7NS.C8H12S.C6H10N2.2C6H9NS.C5H9N3.2C4H6N2S.3C2H6/c1-7-9(6-11)8-4-2-3-5-10(8)12-7;1-7-8-4-2-3-5-9(8)12-10(7)6-11;1-6-7(2)9(4)10(5)8(6)3;1-6-9-7-4-2-3-5-8(7)10-6;1-5-6(2)8(4)9-7(5)3;1-4-5(2)7-8-6(4)3;1-4-5(2)8-6(3)7-4;1-4-5(2)7-8-6(4)3;1-4-6-5(2)8(3)7-4;1-3-5-6-4(2)7-3;1-3-5-4(2)7-6-3;3*1-2/h2*2-5H,1H3;1-5H3;2-5H,1H3;1-4H3;1-3H3,(H,7,8);3*1-3H3;2*1-2H3;3*1-2H3. The molecule has 0 saturated heterocycles. The minimum atomic E-state index is 0.829. The van der Waals surface area contributed by atoms with E-state index >= 15 is 0 Å². The molecule has 0 amide bonds. The summed E-state index contributed by atoms with van der Waals surface area (Å²) >= 11 is 13.3. The van der Waals surface area contributed by atoms with E-state index < -0.39 is 0 Å². The number of aryl methyl sites for hydroxylation is 19. The number of aromatic nitrogens is 13. The summed E-state index contributed by atoms with van der Waals surface area (Å²) in [7, 11) is 4.00. The molecule has 0 radical (unpaired) electrons. The van der Waals surface area contributed by atoms with Gasteiger partial charge in [-0.05, 0) is 272 Å². The Balaban J connectivity index is 0.000000576. The maximum absolute atomic E-state index is 8.86. The Hall–Kier alpha value is -7.84. The van der Waals surface area contributed by atoms with Crippen molar-refractivity contribution in [2.45, 2.75) is 222 Å². The molecule has 0 unspecified atom stereocenters. The average Bonchev–Trinajstić information content (AvgIpc) is 1.68. The number of aromatic amines is 1. The highest BCUT2D eigenvalue weighted by molar-refractivity contribution is 7.20. The Bertz CT molecular complexity index is 4530. The van der Waals surface area contributed by atoms with Gasteiger partial charge in [0.15, 0.2) is 0 Å². The van der Waals surface area contributed by atoms with Crippen LogP contribution in [0, 0.1) is 203 Å². The summed E-state index contributed by atoms with van der Waals surface area (Å²) in [6, 6.07) is 28.8. The fourth-order valence-electron chi connectivity index (χ4n) is 8.97. The topological polar surface area (TPSA) is 202 Å². The van der Waals surface area contributed by atoms with Gasteiger partial charge < -0.3 is 4.57 Å². The van der Waals surface area contributed by atoms with Crippen molar-refractivity contribution in [3.63, 3.8) is 0 Å².